The van der Waals surface area contributed by atoms with Crippen LogP contribution in [0.1, 0.15) is 5.69 Å². The van der Waals surface area contributed by atoms with Crippen LogP contribution in [0.4, 0.5) is 23.2 Å². The molecule has 0 saturated heterocycles. The maximum absolute atomic E-state index is 14.4. The summed E-state index contributed by atoms with van der Waals surface area (Å²) < 4.78 is 58.3. The Labute approximate surface area is 142 Å². The van der Waals surface area contributed by atoms with E-state index >= 15 is 0 Å². The van der Waals surface area contributed by atoms with Gasteiger partial charge in [-0.05, 0) is 6.07 Å². The summed E-state index contributed by atoms with van der Waals surface area (Å²) in [5.41, 5.74) is -3.39. The van der Waals surface area contributed by atoms with E-state index in [1.165, 1.54) is 0 Å². The monoisotopic (exact) mass is 382 g/mol. The lowest BCUT2D eigenvalue weighted by molar-refractivity contribution is -0.144. The van der Waals surface area contributed by atoms with Gasteiger partial charge < -0.3 is 10.2 Å². The normalized spacial score (nSPS) is 11.5. The van der Waals surface area contributed by atoms with Crippen molar-refractivity contribution >= 4 is 17.3 Å². The van der Waals surface area contributed by atoms with Gasteiger partial charge in [-0.2, -0.15) is 13.2 Å². The highest BCUT2D eigenvalue weighted by atomic mass is 35.5. The van der Waals surface area contributed by atoms with Crippen molar-refractivity contribution in [2.75, 3.05) is 12.5 Å². The zero-order valence-corrected chi connectivity index (χ0v) is 13.5. The van der Waals surface area contributed by atoms with E-state index in [0.29, 0.717) is 0 Å². The zero-order valence-electron chi connectivity index (χ0n) is 12.7. The average molecular weight is 383 g/mol. The maximum Gasteiger partial charge on any atom is 0.431 e. The molecule has 136 valence electrons. The molecule has 0 saturated carbocycles. The molecular weight excluding hydrogens is 372 g/mol. The summed E-state index contributed by atoms with van der Waals surface area (Å²) in [7, 11) is 1.96. The fraction of sp³-hybridized carbons (Fsp3) is 0.231. The van der Waals surface area contributed by atoms with E-state index in [2.05, 4.69) is 0 Å². The van der Waals surface area contributed by atoms with Crippen LogP contribution in [-0.2, 0) is 13.2 Å². The van der Waals surface area contributed by atoms with E-state index in [-0.39, 0.29) is 31.7 Å². The molecule has 0 aliphatic carbocycles. The molecule has 3 N–H and O–H groups in total. The second kappa shape index (κ2) is 6.41. The van der Waals surface area contributed by atoms with Gasteiger partial charge in [0.25, 0.3) is 5.56 Å². The predicted molar refractivity (Wildman–Crippen MR) is 81.6 cm³/mol. The topological polar surface area (TPSA) is 91.3 Å². The van der Waals surface area contributed by atoms with Gasteiger partial charge in [-0.25, -0.2) is 13.8 Å². The van der Waals surface area contributed by atoms with E-state index in [1.54, 1.807) is 0 Å². The molecule has 0 aliphatic heterocycles. The molecule has 0 amide bonds. The molecular formula is C13H11ClF4N4O3. The minimum atomic E-state index is -4.95. The number of nitrogens with two attached hydrogens (primary N) is 1. The molecule has 0 radical (unpaired) electrons. The van der Waals surface area contributed by atoms with Crippen LogP contribution < -0.4 is 27.3 Å². The highest BCUT2D eigenvalue weighted by Gasteiger charge is 2.35. The van der Waals surface area contributed by atoms with Gasteiger partial charge in [0.15, 0.2) is 11.6 Å². The first-order valence-electron chi connectivity index (χ1n) is 6.47. The van der Waals surface area contributed by atoms with Crippen molar-refractivity contribution in [1.82, 2.24) is 9.13 Å². The van der Waals surface area contributed by atoms with E-state index in [1.807, 2.05) is 5.43 Å². The maximum atomic E-state index is 14.4. The number of hydrazine groups is 1. The van der Waals surface area contributed by atoms with Gasteiger partial charge in [-0.15, -0.1) is 0 Å². The van der Waals surface area contributed by atoms with Crippen molar-refractivity contribution in [2.24, 2.45) is 12.9 Å². The Balaban J connectivity index is 2.97. The lowest BCUT2D eigenvalue weighted by Crippen LogP contribution is -2.41. The molecule has 2 aromatic rings. The summed E-state index contributed by atoms with van der Waals surface area (Å²) in [5, 5.41) is -0.228. The third-order valence-corrected chi connectivity index (χ3v) is 3.62. The summed E-state index contributed by atoms with van der Waals surface area (Å²) in [5.74, 6) is 3.91. The number of nitrogens with zero attached hydrogens (tertiary/aromatic N) is 2. The van der Waals surface area contributed by atoms with Gasteiger partial charge in [0.1, 0.15) is 17.1 Å². The number of anilines is 1. The van der Waals surface area contributed by atoms with Gasteiger partial charge in [-0.1, -0.05) is 11.6 Å². The summed E-state index contributed by atoms with van der Waals surface area (Å²) in [6.45, 7) is 0. The van der Waals surface area contributed by atoms with Gasteiger partial charge in [0.05, 0.1) is 12.1 Å². The summed E-state index contributed by atoms with van der Waals surface area (Å²) >= 11 is 5.79. The molecule has 0 spiro atoms. The summed E-state index contributed by atoms with van der Waals surface area (Å²) in [4.78, 5) is 24.4. The molecule has 0 unspecified atom stereocenters. The molecule has 0 aliphatic rings. The molecule has 0 bridgehead atoms. The van der Waals surface area contributed by atoms with Gasteiger partial charge in [-0.3, -0.25) is 15.2 Å². The van der Waals surface area contributed by atoms with E-state index < -0.39 is 34.6 Å². The highest BCUT2D eigenvalue weighted by molar-refractivity contribution is 6.32. The first-order valence-corrected chi connectivity index (χ1v) is 6.85. The van der Waals surface area contributed by atoms with Crippen molar-refractivity contribution in [3.63, 3.8) is 0 Å². The standard InChI is InChI=1S/C13H11ClF4N4O3/c1-21-7(13(16,17)18)4-8(23)22(12(21)24)10-6(15)3-5(14)11(25-2)9(10)20-19/h3-4,20H,19H2,1-2H3. The minimum Gasteiger partial charge on any atom is -0.493 e. The number of hydrogen-bond donors (Lipinski definition) is 2. The number of alkyl halides is 3. The molecule has 7 nitrogen and oxygen atoms in total. The van der Waals surface area contributed by atoms with Gasteiger partial charge >= 0.3 is 11.9 Å². The molecule has 1 aromatic carbocycles. The lowest BCUT2D eigenvalue weighted by atomic mass is 10.2. The van der Waals surface area contributed by atoms with Crippen LogP contribution in [0.5, 0.6) is 5.75 Å². The largest absolute Gasteiger partial charge is 0.493 e. The lowest BCUT2D eigenvalue weighted by Gasteiger charge is -2.18. The molecule has 25 heavy (non-hydrogen) atoms. The van der Waals surface area contributed by atoms with Crippen LogP contribution in [0.15, 0.2) is 21.7 Å². The Morgan fingerprint density at radius 2 is 1.88 bits per heavy atom. The fourth-order valence-electron chi connectivity index (χ4n) is 2.25. The van der Waals surface area contributed by atoms with E-state index in [9.17, 15) is 27.2 Å². The highest BCUT2D eigenvalue weighted by Crippen LogP contribution is 2.38. The van der Waals surface area contributed by atoms with Gasteiger partial charge in [0.2, 0.25) is 0 Å². The van der Waals surface area contributed by atoms with Crippen LogP contribution in [0.3, 0.4) is 0 Å². The number of halogens is 5. The van der Waals surface area contributed by atoms with Crippen molar-refractivity contribution in [3.05, 3.63) is 49.5 Å². The molecule has 12 heteroatoms. The minimum absolute atomic E-state index is 0.169. The van der Waals surface area contributed by atoms with Crippen molar-refractivity contribution in [1.29, 1.82) is 0 Å². The number of hydrogen-bond acceptors (Lipinski definition) is 5. The van der Waals surface area contributed by atoms with E-state index in [0.717, 1.165) is 20.2 Å². The van der Waals surface area contributed by atoms with Gasteiger partial charge in [0, 0.05) is 13.1 Å². The summed E-state index contributed by atoms with van der Waals surface area (Å²) in [6.07, 6.45) is -4.95. The first kappa shape index (κ1) is 18.8. The third kappa shape index (κ3) is 3.07. The Bertz CT molecular complexity index is 952. The van der Waals surface area contributed by atoms with Crippen molar-refractivity contribution < 1.29 is 22.3 Å². The van der Waals surface area contributed by atoms with Crippen LogP contribution in [0.25, 0.3) is 5.69 Å². The third-order valence-electron chi connectivity index (χ3n) is 3.34. The fourth-order valence-corrected chi connectivity index (χ4v) is 2.51. The average Bonchev–Trinajstić information content (AvgIpc) is 2.51. The zero-order chi connectivity index (χ0) is 19.1. The number of methoxy groups -OCH3 is 1. The second-order valence-corrected chi connectivity index (χ2v) is 5.19. The predicted octanol–water partition coefficient (Wildman–Crippen LogP) is 1.64. The molecule has 1 aromatic heterocycles. The Morgan fingerprint density at radius 3 is 2.36 bits per heavy atom. The Hall–Kier alpha value is -2.53. The molecule has 0 atom stereocenters. The number of aromatic nitrogens is 2. The number of nitrogen functional groups attached to an aromatic ring is 1. The quantitative estimate of drug-likeness (QED) is 0.478. The molecule has 1 heterocycles. The summed E-state index contributed by atoms with van der Waals surface area (Å²) in [6, 6.07) is 0.905. The number of ether oxygens (including phenoxy) is 1. The SMILES string of the molecule is COc1c(Cl)cc(F)c(-n2c(=O)cc(C(F)(F)F)n(C)c2=O)c1NN. The van der Waals surface area contributed by atoms with Crippen LogP contribution >= 0.6 is 11.6 Å². The van der Waals surface area contributed by atoms with E-state index in [4.69, 9.17) is 22.2 Å². The van der Waals surface area contributed by atoms with Crippen LogP contribution in [-0.4, -0.2) is 16.2 Å². The smallest absolute Gasteiger partial charge is 0.431 e. The second-order valence-electron chi connectivity index (χ2n) is 4.78. The number of nitrogens with one attached hydrogen (secondary N) is 1. The van der Waals surface area contributed by atoms with Crippen molar-refractivity contribution in [2.45, 2.75) is 6.18 Å². The molecule has 0 fully saturated rings. The molecule has 2 rings (SSSR count). The number of benzene rings is 1. The Kier molecular flexibility index (Phi) is 4.82. The van der Waals surface area contributed by atoms with Crippen LogP contribution in [0, 0.1) is 5.82 Å². The van der Waals surface area contributed by atoms with Crippen LogP contribution in [0.2, 0.25) is 5.02 Å². The number of rotatable bonds is 3. The van der Waals surface area contributed by atoms with Crippen molar-refractivity contribution in [3.8, 4) is 11.4 Å². The first-order chi connectivity index (χ1) is 11.5. The Morgan fingerprint density at radius 1 is 1.28 bits per heavy atom.